The van der Waals surface area contributed by atoms with Gasteiger partial charge in [0.05, 0.1) is 5.91 Å². The van der Waals surface area contributed by atoms with E-state index in [0.29, 0.717) is 0 Å². The fourth-order valence-electron chi connectivity index (χ4n) is 0.868. The van der Waals surface area contributed by atoms with Gasteiger partial charge >= 0.3 is 22.4 Å². The summed E-state index contributed by atoms with van der Waals surface area (Å²) in [5, 5.41) is 7.02. The van der Waals surface area contributed by atoms with E-state index >= 15 is 0 Å². The Morgan fingerprint density at radius 2 is 1.84 bits per heavy atom. The van der Waals surface area contributed by atoms with E-state index in [1.54, 1.807) is 6.92 Å². The second-order valence-electron chi connectivity index (χ2n) is 3.58. The number of rotatable bonds is 7. The number of carbonyl (C=O) groups is 3. The van der Waals surface area contributed by atoms with Gasteiger partial charge < -0.3 is 43.4 Å². The molecule has 2 atom stereocenters. The number of Topliss-reactive ketones (excluding diaryl/α,β-unsaturated/α-hetero) is 1. The molecule has 0 spiro atoms. The van der Waals surface area contributed by atoms with Crippen LogP contribution in [0.4, 0.5) is 0 Å². The number of nitrogens with zero attached hydrogens (tertiary/aromatic N) is 2. The van der Waals surface area contributed by atoms with E-state index in [1.807, 2.05) is 0 Å². The average Bonchev–Trinajstić information content (AvgIpc) is 2.42. The molecule has 0 aliphatic heterocycles. The number of amides is 2. The summed E-state index contributed by atoms with van der Waals surface area (Å²) in [5.74, 6) is -1.59. The quantitative estimate of drug-likeness (QED) is 0.615. The fourth-order valence-corrected chi connectivity index (χ4v) is 1.01. The standard InChI is InChI=1S/C10H18N3O3S.O.Tc/c1-6(5-17)10(16)12-4-9(15)13-8(3-11)7(2)14;;/h6,8,11H,3-5H2,1-2H3,(H3,12,13,15,16,17);;/q-1;;+4/p-3. The molecule has 0 radical (unpaired) electrons. The van der Waals surface area contributed by atoms with Crippen LogP contribution < -0.4 is 0 Å². The Kier molecular flexibility index (Phi) is 13.5. The maximum absolute atomic E-state index is 11.3. The molecule has 0 saturated heterocycles. The number of hydrogen-bond acceptors (Lipinski definition) is 5. The van der Waals surface area contributed by atoms with Crippen molar-refractivity contribution in [1.82, 2.24) is 0 Å². The molecule has 0 aliphatic carbocycles. The first-order chi connectivity index (χ1) is 8.92. The second kappa shape index (κ2) is 12.4. The number of ketones is 1. The maximum atomic E-state index is 11.3. The molecule has 0 fully saturated rings. The monoisotopic (exact) mass is 370 g/mol. The molecule has 0 heterocycles. The third-order valence-corrected chi connectivity index (χ3v) is 2.50. The molecule has 2 unspecified atom stereocenters. The third-order valence-electron chi connectivity index (χ3n) is 2.00. The Balaban J connectivity index is 0. The summed E-state index contributed by atoms with van der Waals surface area (Å²) in [4.78, 5) is 33.4. The van der Waals surface area contributed by atoms with Crippen LogP contribution in [0.2, 0.25) is 0 Å². The molecule has 9 heteroatoms. The average molecular weight is 371 g/mol. The van der Waals surface area contributed by atoms with Gasteiger partial charge in [-0.25, -0.2) is 0 Å². The van der Waals surface area contributed by atoms with E-state index in [0.717, 1.165) is 18.9 Å². The van der Waals surface area contributed by atoms with Crippen molar-refractivity contribution in [3.63, 3.8) is 0 Å². The van der Waals surface area contributed by atoms with Crippen LogP contribution in [-0.4, -0.2) is 42.5 Å². The number of carbonyl (C=O) groups excluding carboxylic acids is 3. The second-order valence-corrected chi connectivity index (χ2v) is 3.91. The van der Waals surface area contributed by atoms with Crippen LogP contribution in [0.25, 0.3) is 16.4 Å². The zero-order valence-electron chi connectivity index (χ0n) is 10.6. The molecular weight excluding hydrogens is 356 g/mol. The van der Waals surface area contributed by atoms with E-state index in [1.165, 1.54) is 6.92 Å². The Hall–Kier alpha value is -0.631. The van der Waals surface area contributed by atoms with Crippen molar-refractivity contribution in [2.24, 2.45) is 5.92 Å². The molecule has 0 rings (SSSR count). The third kappa shape index (κ3) is 9.89. The SMILES string of the molecule is CC(=O)C(C[NH-])[N-]C(=O)C[N-]C(=O)C(C)C[S-].[O]=[Tc+4]. The van der Waals surface area contributed by atoms with Gasteiger partial charge in [-0.2, -0.15) is 12.3 Å². The molecular formula is C10H15N3O4STc. The van der Waals surface area contributed by atoms with Gasteiger partial charge in [-0.3, -0.25) is 0 Å². The predicted molar refractivity (Wildman–Crippen MR) is 67.3 cm³/mol. The summed E-state index contributed by atoms with van der Waals surface area (Å²) < 4.78 is 8.22. The van der Waals surface area contributed by atoms with Crippen LogP contribution in [0.3, 0.4) is 0 Å². The van der Waals surface area contributed by atoms with E-state index in [-0.39, 0.29) is 24.6 Å². The number of hydrogen-bond donors (Lipinski definition) is 0. The van der Waals surface area contributed by atoms with Gasteiger partial charge in [0.2, 0.25) is 0 Å². The van der Waals surface area contributed by atoms with Gasteiger partial charge in [-0.15, -0.1) is 0 Å². The molecule has 7 nitrogen and oxygen atoms in total. The molecule has 2 amide bonds. The Bertz CT molecular complexity index is 317. The van der Waals surface area contributed by atoms with Gasteiger partial charge in [0.25, 0.3) is 0 Å². The Morgan fingerprint density at radius 1 is 1.32 bits per heavy atom. The van der Waals surface area contributed by atoms with Crippen LogP contribution in [0.15, 0.2) is 0 Å². The van der Waals surface area contributed by atoms with Crippen molar-refractivity contribution in [2.75, 3.05) is 18.8 Å². The molecule has 107 valence electrons. The van der Waals surface area contributed by atoms with Crippen LogP contribution in [-0.2, 0) is 49.4 Å². The Labute approximate surface area is 128 Å². The molecule has 0 saturated carbocycles. The van der Waals surface area contributed by atoms with Crippen molar-refractivity contribution < 1.29 is 36.7 Å². The van der Waals surface area contributed by atoms with Gasteiger partial charge in [0.15, 0.2) is 0 Å². The summed E-state index contributed by atoms with van der Waals surface area (Å²) >= 11 is 5.60. The zero-order valence-corrected chi connectivity index (χ0v) is 13.3. The van der Waals surface area contributed by atoms with Crippen molar-refractivity contribution in [3.8, 4) is 0 Å². The molecule has 0 aromatic rings. The summed E-state index contributed by atoms with van der Waals surface area (Å²) in [6, 6.07) is -0.954. The van der Waals surface area contributed by atoms with E-state index in [2.05, 4.69) is 10.6 Å². The molecule has 0 bridgehead atoms. The minimum atomic E-state index is -0.954. The molecule has 19 heavy (non-hydrogen) atoms. The molecule has 0 aromatic heterocycles. The van der Waals surface area contributed by atoms with Gasteiger partial charge in [0, 0.05) is 5.91 Å². The van der Waals surface area contributed by atoms with Crippen LogP contribution in [0, 0.1) is 5.92 Å². The van der Waals surface area contributed by atoms with Crippen molar-refractivity contribution >= 4 is 30.2 Å². The van der Waals surface area contributed by atoms with Gasteiger partial charge in [0.1, 0.15) is 5.78 Å². The molecule has 0 aliphatic rings. The van der Waals surface area contributed by atoms with Crippen molar-refractivity contribution in [1.29, 1.82) is 0 Å². The normalized spacial score (nSPS) is 12.5. The fraction of sp³-hybridized carbons (Fsp3) is 0.700. The van der Waals surface area contributed by atoms with Crippen molar-refractivity contribution in [3.05, 3.63) is 16.4 Å². The van der Waals surface area contributed by atoms with E-state index in [9.17, 15) is 14.4 Å². The summed E-state index contributed by atoms with van der Waals surface area (Å²) in [6.45, 7) is 2.22. The first-order valence-corrected chi connectivity index (χ1v) is 6.59. The topological polar surface area (TPSA) is 120 Å². The summed E-state index contributed by atoms with van der Waals surface area (Å²) in [5.41, 5.74) is 7.02. The van der Waals surface area contributed by atoms with Crippen molar-refractivity contribution in [2.45, 2.75) is 19.9 Å². The van der Waals surface area contributed by atoms with E-state index in [4.69, 9.17) is 21.9 Å². The van der Waals surface area contributed by atoms with Gasteiger partial charge in [-0.05, 0) is 12.8 Å². The first-order valence-electron chi connectivity index (χ1n) is 5.26. The predicted octanol–water partition coefficient (Wildman–Crippen LogP) is 0.859. The van der Waals surface area contributed by atoms with Gasteiger partial charge in [-0.1, -0.05) is 19.5 Å². The summed E-state index contributed by atoms with van der Waals surface area (Å²) in [7, 11) is 0. The first kappa shape index (κ1) is 20.7. The minimum absolute atomic E-state index is 0.246. The van der Waals surface area contributed by atoms with Crippen LogP contribution in [0.1, 0.15) is 13.8 Å². The van der Waals surface area contributed by atoms with E-state index < -0.39 is 23.8 Å². The molecule has 0 aromatic carbocycles. The van der Waals surface area contributed by atoms with Crippen LogP contribution in [0.5, 0.6) is 0 Å². The molecule has 1 N–H and O–H groups in total. The zero-order chi connectivity index (χ0) is 15.4. The summed E-state index contributed by atoms with van der Waals surface area (Å²) in [6.07, 6.45) is 0. The number of nitrogens with one attached hydrogen (secondary N) is 1. The Morgan fingerprint density at radius 3 is 2.21 bits per heavy atom. The van der Waals surface area contributed by atoms with Crippen LogP contribution >= 0.6 is 0 Å².